The molecule has 2 rings (SSSR count). The highest BCUT2D eigenvalue weighted by molar-refractivity contribution is 7.09. The van der Waals surface area contributed by atoms with E-state index >= 15 is 0 Å². The summed E-state index contributed by atoms with van der Waals surface area (Å²) in [7, 11) is 0. The molecule has 1 aromatic heterocycles. The van der Waals surface area contributed by atoms with Gasteiger partial charge < -0.3 is 11.1 Å². The first-order chi connectivity index (χ1) is 7.75. The Kier molecular flexibility index (Phi) is 3.96. The Balaban J connectivity index is 1.60. The summed E-state index contributed by atoms with van der Waals surface area (Å²) in [6, 6.07) is 4.19. The molecule has 0 aliphatic heterocycles. The average Bonchev–Trinajstić information content (AvgIpc) is 2.98. The Morgan fingerprint density at radius 2 is 2.44 bits per heavy atom. The predicted octanol–water partition coefficient (Wildman–Crippen LogP) is 1.53. The number of nitrogens with one attached hydrogen (secondary N) is 1. The van der Waals surface area contributed by atoms with Crippen molar-refractivity contribution in [3.8, 4) is 0 Å². The quantitative estimate of drug-likeness (QED) is 0.789. The van der Waals surface area contributed by atoms with Crippen LogP contribution in [0.3, 0.4) is 0 Å². The number of hydrogen-bond donors (Lipinski definition) is 2. The van der Waals surface area contributed by atoms with E-state index in [1.807, 2.05) is 6.07 Å². The smallest absolute Gasteiger partial charge is 0.221 e. The highest BCUT2D eigenvalue weighted by Gasteiger charge is 2.29. The molecule has 3 N–H and O–H groups in total. The van der Waals surface area contributed by atoms with Gasteiger partial charge in [0.15, 0.2) is 0 Å². The highest BCUT2D eigenvalue weighted by Crippen LogP contribution is 2.32. The van der Waals surface area contributed by atoms with Gasteiger partial charge in [-0.1, -0.05) is 6.07 Å². The van der Waals surface area contributed by atoms with E-state index in [4.69, 9.17) is 5.73 Å². The lowest BCUT2D eigenvalue weighted by molar-refractivity contribution is -0.121. The average molecular weight is 238 g/mol. The Morgan fingerprint density at radius 1 is 1.62 bits per heavy atom. The van der Waals surface area contributed by atoms with E-state index in [0.717, 1.165) is 13.0 Å². The third-order valence-corrected chi connectivity index (χ3v) is 3.86. The number of nitrogens with two attached hydrogens (primary N) is 1. The second-order valence-corrected chi connectivity index (χ2v) is 5.42. The van der Waals surface area contributed by atoms with E-state index in [9.17, 15) is 4.79 Å². The summed E-state index contributed by atoms with van der Waals surface area (Å²) in [5.74, 6) is 0.694. The molecule has 0 spiro atoms. The molecular weight excluding hydrogens is 220 g/mol. The van der Waals surface area contributed by atoms with Crippen molar-refractivity contribution in [2.24, 2.45) is 11.7 Å². The van der Waals surface area contributed by atoms with Crippen molar-refractivity contribution >= 4 is 17.2 Å². The summed E-state index contributed by atoms with van der Waals surface area (Å²) < 4.78 is 0. The van der Waals surface area contributed by atoms with Crippen LogP contribution in [0.15, 0.2) is 17.5 Å². The SMILES string of the molecule is NC(CC(=O)NCCc1cccs1)C1CC1. The van der Waals surface area contributed by atoms with E-state index in [1.54, 1.807) is 11.3 Å². The lowest BCUT2D eigenvalue weighted by Gasteiger charge is -2.09. The summed E-state index contributed by atoms with van der Waals surface area (Å²) in [4.78, 5) is 12.8. The van der Waals surface area contributed by atoms with Gasteiger partial charge in [-0.15, -0.1) is 11.3 Å². The molecule has 16 heavy (non-hydrogen) atoms. The number of carbonyl (C=O) groups is 1. The molecule has 3 nitrogen and oxygen atoms in total. The second-order valence-electron chi connectivity index (χ2n) is 4.38. The third-order valence-electron chi connectivity index (χ3n) is 2.92. The van der Waals surface area contributed by atoms with E-state index in [1.165, 1.54) is 17.7 Å². The Hall–Kier alpha value is -0.870. The van der Waals surface area contributed by atoms with E-state index in [0.29, 0.717) is 12.3 Å². The molecule has 1 amide bonds. The highest BCUT2D eigenvalue weighted by atomic mass is 32.1. The van der Waals surface area contributed by atoms with E-state index in [2.05, 4.69) is 16.8 Å². The summed E-state index contributed by atoms with van der Waals surface area (Å²) in [5, 5.41) is 4.98. The zero-order valence-electron chi connectivity index (χ0n) is 9.32. The van der Waals surface area contributed by atoms with Crippen molar-refractivity contribution in [3.63, 3.8) is 0 Å². The van der Waals surface area contributed by atoms with Gasteiger partial charge in [-0.2, -0.15) is 0 Å². The second kappa shape index (κ2) is 5.46. The number of amides is 1. The van der Waals surface area contributed by atoms with Crippen LogP contribution in [0.4, 0.5) is 0 Å². The van der Waals surface area contributed by atoms with Crippen LogP contribution in [0.2, 0.25) is 0 Å². The van der Waals surface area contributed by atoms with Gasteiger partial charge in [-0.3, -0.25) is 4.79 Å². The zero-order chi connectivity index (χ0) is 11.4. The molecule has 1 unspecified atom stereocenters. The molecule has 1 atom stereocenters. The third kappa shape index (κ3) is 3.61. The van der Waals surface area contributed by atoms with Crippen molar-refractivity contribution in [2.75, 3.05) is 6.54 Å². The molecule has 1 heterocycles. The van der Waals surface area contributed by atoms with E-state index in [-0.39, 0.29) is 11.9 Å². The standard InChI is InChI=1S/C12H18N2OS/c13-11(9-3-4-9)8-12(15)14-6-5-10-2-1-7-16-10/h1-2,7,9,11H,3-6,8,13H2,(H,14,15). The molecule has 0 bridgehead atoms. The van der Waals surface area contributed by atoms with Crippen LogP contribution in [-0.4, -0.2) is 18.5 Å². The monoisotopic (exact) mass is 238 g/mol. The molecule has 1 aliphatic carbocycles. The molecule has 1 aromatic rings. The van der Waals surface area contributed by atoms with Crippen LogP contribution in [0, 0.1) is 5.92 Å². The van der Waals surface area contributed by atoms with Crippen LogP contribution in [0.5, 0.6) is 0 Å². The minimum Gasteiger partial charge on any atom is -0.356 e. The summed E-state index contributed by atoms with van der Waals surface area (Å²) in [6.45, 7) is 0.719. The van der Waals surface area contributed by atoms with Crippen LogP contribution in [0.25, 0.3) is 0 Å². The van der Waals surface area contributed by atoms with Gasteiger partial charge >= 0.3 is 0 Å². The fourth-order valence-corrected chi connectivity index (χ4v) is 2.47. The lowest BCUT2D eigenvalue weighted by Crippen LogP contribution is -2.33. The van der Waals surface area contributed by atoms with Crippen molar-refractivity contribution in [1.29, 1.82) is 0 Å². The topological polar surface area (TPSA) is 55.1 Å². The van der Waals surface area contributed by atoms with Gasteiger partial charge in [0.05, 0.1) is 0 Å². The largest absolute Gasteiger partial charge is 0.356 e. The van der Waals surface area contributed by atoms with Crippen molar-refractivity contribution < 1.29 is 4.79 Å². The Bertz CT molecular complexity index is 333. The van der Waals surface area contributed by atoms with Crippen molar-refractivity contribution in [3.05, 3.63) is 22.4 Å². The Labute approximate surface area is 100 Å². The van der Waals surface area contributed by atoms with Gasteiger partial charge in [0.1, 0.15) is 0 Å². The summed E-state index contributed by atoms with van der Waals surface area (Å²) in [5.41, 5.74) is 5.89. The maximum absolute atomic E-state index is 11.5. The van der Waals surface area contributed by atoms with Gasteiger partial charge in [-0.05, 0) is 36.6 Å². The molecule has 1 aliphatic rings. The van der Waals surface area contributed by atoms with Gasteiger partial charge in [0, 0.05) is 23.9 Å². The molecule has 0 radical (unpaired) electrons. The van der Waals surface area contributed by atoms with Crippen molar-refractivity contribution in [2.45, 2.75) is 31.7 Å². The molecule has 1 saturated carbocycles. The maximum atomic E-state index is 11.5. The molecule has 4 heteroatoms. The number of rotatable bonds is 6. The fourth-order valence-electron chi connectivity index (χ4n) is 1.76. The van der Waals surface area contributed by atoms with E-state index < -0.39 is 0 Å². The summed E-state index contributed by atoms with van der Waals surface area (Å²) in [6.07, 6.45) is 3.80. The van der Waals surface area contributed by atoms with Crippen LogP contribution in [0.1, 0.15) is 24.1 Å². The maximum Gasteiger partial charge on any atom is 0.221 e. The fraction of sp³-hybridized carbons (Fsp3) is 0.583. The van der Waals surface area contributed by atoms with Crippen LogP contribution >= 0.6 is 11.3 Å². The molecular formula is C12H18N2OS. The van der Waals surface area contributed by atoms with Gasteiger partial charge in [0.2, 0.25) is 5.91 Å². The predicted molar refractivity (Wildman–Crippen MR) is 66.3 cm³/mol. The first kappa shape index (κ1) is 11.6. The van der Waals surface area contributed by atoms with Gasteiger partial charge in [0.25, 0.3) is 0 Å². The molecule has 0 saturated heterocycles. The molecule has 1 fully saturated rings. The Morgan fingerprint density at radius 3 is 3.06 bits per heavy atom. The molecule has 0 aromatic carbocycles. The zero-order valence-corrected chi connectivity index (χ0v) is 10.1. The van der Waals surface area contributed by atoms with Crippen molar-refractivity contribution in [1.82, 2.24) is 5.32 Å². The normalized spacial score (nSPS) is 17.1. The minimum absolute atomic E-state index is 0.0711. The lowest BCUT2D eigenvalue weighted by atomic mass is 10.1. The molecule has 88 valence electrons. The first-order valence-corrected chi connectivity index (χ1v) is 6.68. The first-order valence-electron chi connectivity index (χ1n) is 5.80. The number of hydrogen-bond acceptors (Lipinski definition) is 3. The van der Waals surface area contributed by atoms with Crippen LogP contribution in [-0.2, 0) is 11.2 Å². The van der Waals surface area contributed by atoms with Gasteiger partial charge in [-0.25, -0.2) is 0 Å². The summed E-state index contributed by atoms with van der Waals surface area (Å²) >= 11 is 1.73. The minimum atomic E-state index is 0.0711. The van der Waals surface area contributed by atoms with Crippen LogP contribution < -0.4 is 11.1 Å². The number of carbonyl (C=O) groups excluding carboxylic acids is 1. The number of thiophene rings is 1.